The monoisotopic (exact) mass is 283 g/mol. The summed E-state index contributed by atoms with van der Waals surface area (Å²) in [6, 6.07) is 7.67. The molecule has 0 atom stereocenters. The zero-order chi connectivity index (χ0) is 15.2. The maximum atomic E-state index is 12.4. The fourth-order valence-corrected chi connectivity index (χ4v) is 2.08. The first-order chi connectivity index (χ1) is 10.1. The van der Waals surface area contributed by atoms with E-state index in [1.165, 1.54) is 0 Å². The highest BCUT2D eigenvalue weighted by molar-refractivity contribution is 6.05. The summed E-state index contributed by atoms with van der Waals surface area (Å²) in [6.07, 6.45) is 4.45. The molecule has 2 aromatic rings. The number of nitrogens with zero attached hydrogens (tertiary/aromatic N) is 1. The number of pyridine rings is 1. The van der Waals surface area contributed by atoms with Crippen molar-refractivity contribution >= 4 is 17.3 Å². The normalized spacial score (nSPS) is 10.2. The van der Waals surface area contributed by atoms with E-state index in [0.717, 1.165) is 35.5 Å². The standard InChI is InChI=1S/C17H21N3O/c1-4-8-19-14-5-6-15(13(3)10-14)17(21)20-16-11-18-9-7-12(16)2/h5-7,9-11,19H,4,8H2,1-3H3,(H,20,21). The first kappa shape index (κ1) is 15.0. The van der Waals surface area contributed by atoms with Crippen molar-refractivity contribution in [1.82, 2.24) is 4.98 Å². The van der Waals surface area contributed by atoms with Gasteiger partial charge in [-0.2, -0.15) is 0 Å². The van der Waals surface area contributed by atoms with Crippen molar-refractivity contribution < 1.29 is 4.79 Å². The number of benzene rings is 1. The van der Waals surface area contributed by atoms with Crippen LogP contribution in [0, 0.1) is 13.8 Å². The molecule has 0 radical (unpaired) electrons. The molecule has 4 heteroatoms. The highest BCUT2D eigenvalue weighted by Crippen LogP contribution is 2.18. The number of hydrogen-bond donors (Lipinski definition) is 2. The van der Waals surface area contributed by atoms with E-state index in [1.807, 2.05) is 38.1 Å². The highest BCUT2D eigenvalue weighted by atomic mass is 16.1. The Morgan fingerprint density at radius 1 is 1.19 bits per heavy atom. The van der Waals surface area contributed by atoms with Crippen molar-refractivity contribution in [2.45, 2.75) is 27.2 Å². The topological polar surface area (TPSA) is 54.0 Å². The Morgan fingerprint density at radius 3 is 2.67 bits per heavy atom. The second kappa shape index (κ2) is 6.88. The summed E-state index contributed by atoms with van der Waals surface area (Å²) < 4.78 is 0. The van der Waals surface area contributed by atoms with Crippen molar-refractivity contribution in [2.75, 3.05) is 17.2 Å². The number of carbonyl (C=O) groups is 1. The molecule has 0 aliphatic rings. The molecule has 110 valence electrons. The van der Waals surface area contributed by atoms with Gasteiger partial charge >= 0.3 is 0 Å². The number of anilines is 2. The SMILES string of the molecule is CCCNc1ccc(C(=O)Nc2cnccc2C)c(C)c1. The maximum absolute atomic E-state index is 12.4. The zero-order valence-corrected chi connectivity index (χ0v) is 12.7. The molecule has 2 N–H and O–H groups in total. The molecule has 0 unspecified atom stereocenters. The lowest BCUT2D eigenvalue weighted by Gasteiger charge is -2.11. The second-order valence-electron chi connectivity index (χ2n) is 5.10. The van der Waals surface area contributed by atoms with Crippen LogP contribution in [0.5, 0.6) is 0 Å². The van der Waals surface area contributed by atoms with Gasteiger partial charge in [-0.1, -0.05) is 6.92 Å². The van der Waals surface area contributed by atoms with E-state index >= 15 is 0 Å². The number of rotatable bonds is 5. The lowest BCUT2D eigenvalue weighted by atomic mass is 10.1. The van der Waals surface area contributed by atoms with Gasteiger partial charge in [0, 0.05) is 24.0 Å². The van der Waals surface area contributed by atoms with Gasteiger partial charge in [-0.25, -0.2) is 0 Å². The van der Waals surface area contributed by atoms with Crippen molar-refractivity contribution in [3.63, 3.8) is 0 Å². The molecule has 0 saturated heterocycles. The van der Waals surface area contributed by atoms with E-state index in [2.05, 4.69) is 22.5 Å². The molecule has 0 spiro atoms. The van der Waals surface area contributed by atoms with Crippen LogP contribution >= 0.6 is 0 Å². The van der Waals surface area contributed by atoms with E-state index in [0.29, 0.717) is 5.56 Å². The maximum Gasteiger partial charge on any atom is 0.255 e. The summed E-state index contributed by atoms with van der Waals surface area (Å²) in [6.45, 7) is 6.95. The fraction of sp³-hybridized carbons (Fsp3) is 0.294. The number of nitrogens with one attached hydrogen (secondary N) is 2. The lowest BCUT2D eigenvalue weighted by Crippen LogP contribution is -2.14. The number of amides is 1. The van der Waals surface area contributed by atoms with Crippen LogP contribution in [-0.2, 0) is 0 Å². The van der Waals surface area contributed by atoms with Crippen molar-refractivity contribution in [1.29, 1.82) is 0 Å². The van der Waals surface area contributed by atoms with Gasteiger partial charge in [0.2, 0.25) is 0 Å². The summed E-state index contributed by atoms with van der Waals surface area (Å²) in [5, 5.41) is 6.23. The average Bonchev–Trinajstić information content (AvgIpc) is 2.47. The molecule has 0 fully saturated rings. The average molecular weight is 283 g/mol. The summed E-state index contributed by atoms with van der Waals surface area (Å²) in [5.74, 6) is -0.106. The van der Waals surface area contributed by atoms with Crippen molar-refractivity contribution in [3.8, 4) is 0 Å². The molecular formula is C17H21N3O. The predicted molar refractivity (Wildman–Crippen MR) is 86.9 cm³/mol. The largest absolute Gasteiger partial charge is 0.385 e. The van der Waals surface area contributed by atoms with E-state index in [4.69, 9.17) is 0 Å². The van der Waals surface area contributed by atoms with Crippen LogP contribution < -0.4 is 10.6 Å². The van der Waals surface area contributed by atoms with Gasteiger partial charge in [0.25, 0.3) is 5.91 Å². The van der Waals surface area contributed by atoms with Crippen LogP contribution in [0.15, 0.2) is 36.7 Å². The zero-order valence-electron chi connectivity index (χ0n) is 12.7. The van der Waals surface area contributed by atoms with Crippen LogP contribution in [0.25, 0.3) is 0 Å². The van der Waals surface area contributed by atoms with Crippen molar-refractivity contribution in [2.24, 2.45) is 0 Å². The molecule has 0 bridgehead atoms. The Hall–Kier alpha value is -2.36. The smallest absolute Gasteiger partial charge is 0.255 e. The van der Waals surface area contributed by atoms with Crippen LogP contribution in [-0.4, -0.2) is 17.4 Å². The van der Waals surface area contributed by atoms with Gasteiger partial charge in [0.1, 0.15) is 0 Å². The third-order valence-electron chi connectivity index (χ3n) is 3.34. The molecule has 1 aromatic heterocycles. The minimum absolute atomic E-state index is 0.106. The molecule has 1 heterocycles. The Bertz CT molecular complexity index is 638. The molecule has 2 rings (SSSR count). The van der Waals surface area contributed by atoms with Crippen LogP contribution in [0.3, 0.4) is 0 Å². The third-order valence-corrected chi connectivity index (χ3v) is 3.34. The fourth-order valence-electron chi connectivity index (χ4n) is 2.08. The molecule has 0 aliphatic heterocycles. The van der Waals surface area contributed by atoms with Crippen LogP contribution in [0.1, 0.15) is 34.8 Å². The van der Waals surface area contributed by atoms with Gasteiger partial charge in [-0.15, -0.1) is 0 Å². The molecule has 1 aromatic carbocycles. The molecule has 4 nitrogen and oxygen atoms in total. The summed E-state index contributed by atoms with van der Waals surface area (Å²) >= 11 is 0. The summed E-state index contributed by atoms with van der Waals surface area (Å²) in [5.41, 5.74) is 4.42. The van der Waals surface area contributed by atoms with E-state index < -0.39 is 0 Å². The summed E-state index contributed by atoms with van der Waals surface area (Å²) in [4.78, 5) is 16.4. The molecule has 0 aliphatic carbocycles. The van der Waals surface area contributed by atoms with Crippen LogP contribution in [0.2, 0.25) is 0 Å². The van der Waals surface area contributed by atoms with Gasteiger partial charge in [0.15, 0.2) is 0 Å². The first-order valence-corrected chi connectivity index (χ1v) is 7.18. The Balaban J connectivity index is 2.14. The Labute approximate surface area is 125 Å². The van der Waals surface area contributed by atoms with E-state index in [-0.39, 0.29) is 5.91 Å². The molecule has 0 saturated carbocycles. The van der Waals surface area contributed by atoms with Crippen molar-refractivity contribution in [3.05, 3.63) is 53.3 Å². The van der Waals surface area contributed by atoms with Gasteiger partial charge < -0.3 is 10.6 Å². The molecule has 21 heavy (non-hydrogen) atoms. The Kier molecular flexibility index (Phi) is 4.93. The quantitative estimate of drug-likeness (QED) is 0.878. The Morgan fingerprint density at radius 2 is 2.00 bits per heavy atom. The molecular weight excluding hydrogens is 262 g/mol. The van der Waals surface area contributed by atoms with E-state index in [9.17, 15) is 4.79 Å². The van der Waals surface area contributed by atoms with Gasteiger partial charge in [0.05, 0.1) is 11.9 Å². The lowest BCUT2D eigenvalue weighted by molar-refractivity contribution is 0.102. The third kappa shape index (κ3) is 3.81. The first-order valence-electron chi connectivity index (χ1n) is 7.18. The number of aromatic nitrogens is 1. The van der Waals surface area contributed by atoms with E-state index in [1.54, 1.807) is 12.4 Å². The second-order valence-corrected chi connectivity index (χ2v) is 5.10. The minimum Gasteiger partial charge on any atom is -0.385 e. The molecule has 1 amide bonds. The summed E-state index contributed by atoms with van der Waals surface area (Å²) in [7, 11) is 0. The van der Waals surface area contributed by atoms with Gasteiger partial charge in [-0.3, -0.25) is 9.78 Å². The number of carbonyl (C=O) groups excluding carboxylic acids is 1. The predicted octanol–water partition coefficient (Wildman–Crippen LogP) is 3.77. The number of aryl methyl sites for hydroxylation is 2. The van der Waals surface area contributed by atoms with Crippen LogP contribution in [0.4, 0.5) is 11.4 Å². The number of hydrogen-bond acceptors (Lipinski definition) is 3. The minimum atomic E-state index is -0.106. The highest BCUT2D eigenvalue weighted by Gasteiger charge is 2.11. The van der Waals surface area contributed by atoms with Gasteiger partial charge in [-0.05, 0) is 55.7 Å².